The van der Waals surface area contributed by atoms with Crippen LogP contribution in [0.3, 0.4) is 0 Å². The van der Waals surface area contributed by atoms with Crippen molar-refractivity contribution in [3.63, 3.8) is 0 Å². The minimum absolute atomic E-state index is 0.101. The molecule has 2 N–H and O–H groups in total. The third-order valence-corrected chi connectivity index (χ3v) is 3.66. The van der Waals surface area contributed by atoms with E-state index < -0.39 is 29.7 Å². The molecule has 3 amide bonds. The summed E-state index contributed by atoms with van der Waals surface area (Å²) >= 11 is 0. The van der Waals surface area contributed by atoms with Gasteiger partial charge < -0.3 is 10.4 Å². The Bertz CT molecular complexity index is 696. The molecule has 0 aromatic heterocycles. The van der Waals surface area contributed by atoms with Gasteiger partial charge in [-0.05, 0) is 30.5 Å². The molecule has 0 spiro atoms. The molecule has 0 fully saturated rings. The molecule has 1 aliphatic heterocycles. The van der Waals surface area contributed by atoms with E-state index >= 15 is 0 Å². The molecule has 1 aromatic rings. The zero-order valence-electron chi connectivity index (χ0n) is 13.1. The smallest absolute Gasteiger partial charge is 0.326 e. The number of amides is 3. The van der Waals surface area contributed by atoms with E-state index in [4.69, 9.17) is 5.11 Å². The molecule has 0 unspecified atom stereocenters. The summed E-state index contributed by atoms with van der Waals surface area (Å²) in [6, 6.07) is 3.14. The van der Waals surface area contributed by atoms with Crippen LogP contribution in [0.15, 0.2) is 18.2 Å². The molecular weight excluding hydrogens is 300 g/mol. The van der Waals surface area contributed by atoms with Crippen LogP contribution in [0.2, 0.25) is 0 Å². The molecule has 0 saturated carbocycles. The lowest BCUT2D eigenvalue weighted by Gasteiger charge is -2.16. The van der Waals surface area contributed by atoms with E-state index in [1.165, 1.54) is 25.2 Å². The van der Waals surface area contributed by atoms with Crippen molar-refractivity contribution in [2.24, 2.45) is 5.92 Å². The number of carboxylic acids is 1. The van der Waals surface area contributed by atoms with Crippen LogP contribution < -0.4 is 5.32 Å². The first kappa shape index (κ1) is 16.7. The topological polar surface area (TPSA) is 104 Å². The average molecular weight is 318 g/mol. The summed E-state index contributed by atoms with van der Waals surface area (Å²) in [7, 11) is 1.37. The second kappa shape index (κ2) is 6.20. The van der Waals surface area contributed by atoms with Crippen LogP contribution in [0.1, 0.15) is 51.3 Å². The molecule has 1 aromatic carbocycles. The Morgan fingerprint density at radius 1 is 1.17 bits per heavy atom. The Labute approximate surface area is 133 Å². The number of imide groups is 1. The monoisotopic (exact) mass is 318 g/mol. The van der Waals surface area contributed by atoms with Crippen molar-refractivity contribution in [2.75, 3.05) is 7.05 Å². The minimum Gasteiger partial charge on any atom is -0.480 e. The molecule has 1 atom stereocenters. The summed E-state index contributed by atoms with van der Waals surface area (Å²) in [5, 5.41) is 11.6. The summed E-state index contributed by atoms with van der Waals surface area (Å²) in [5.74, 6) is -2.49. The SMILES string of the molecule is CC(C)C[C@@H](NC(=O)c1ccc2c(c1)C(=O)N(C)C2=O)C(=O)O. The van der Waals surface area contributed by atoms with Gasteiger partial charge in [0.2, 0.25) is 0 Å². The first-order chi connectivity index (χ1) is 10.7. The molecule has 122 valence electrons. The van der Waals surface area contributed by atoms with Crippen LogP contribution in [-0.4, -0.2) is 46.8 Å². The van der Waals surface area contributed by atoms with Gasteiger partial charge in [-0.2, -0.15) is 0 Å². The zero-order valence-corrected chi connectivity index (χ0v) is 13.1. The number of aliphatic carboxylic acids is 1. The van der Waals surface area contributed by atoms with Crippen molar-refractivity contribution < 1.29 is 24.3 Å². The number of fused-ring (bicyclic) bond motifs is 1. The van der Waals surface area contributed by atoms with Crippen LogP contribution in [-0.2, 0) is 4.79 Å². The van der Waals surface area contributed by atoms with E-state index in [1.807, 2.05) is 13.8 Å². The third-order valence-electron chi connectivity index (χ3n) is 3.66. The highest BCUT2D eigenvalue weighted by molar-refractivity contribution is 6.21. The summed E-state index contributed by atoms with van der Waals surface area (Å²) in [6.45, 7) is 3.72. The quantitative estimate of drug-likeness (QED) is 0.792. The van der Waals surface area contributed by atoms with E-state index in [9.17, 15) is 19.2 Å². The van der Waals surface area contributed by atoms with Gasteiger partial charge in [0.1, 0.15) is 6.04 Å². The van der Waals surface area contributed by atoms with Gasteiger partial charge in [0.25, 0.3) is 17.7 Å². The highest BCUT2D eigenvalue weighted by atomic mass is 16.4. The van der Waals surface area contributed by atoms with Gasteiger partial charge in [-0.25, -0.2) is 4.79 Å². The van der Waals surface area contributed by atoms with Crippen molar-refractivity contribution >= 4 is 23.7 Å². The molecule has 0 bridgehead atoms. The normalized spacial score (nSPS) is 14.9. The maximum atomic E-state index is 12.2. The Hall–Kier alpha value is -2.70. The van der Waals surface area contributed by atoms with Crippen molar-refractivity contribution in [3.8, 4) is 0 Å². The number of carbonyl (C=O) groups is 4. The molecule has 0 saturated heterocycles. The van der Waals surface area contributed by atoms with E-state index in [1.54, 1.807) is 0 Å². The number of hydrogen-bond acceptors (Lipinski definition) is 4. The van der Waals surface area contributed by atoms with Gasteiger partial charge >= 0.3 is 5.97 Å². The molecule has 0 aliphatic carbocycles. The highest BCUT2D eigenvalue weighted by Crippen LogP contribution is 2.22. The highest BCUT2D eigenvalue weighted by Gasteiger charge is 2.33. The van der Waals surface area contributed by atoms with Crippen LogP contribution in [0.4, 0.5) is 0 Å². The van der Waals surface area contributed by atoms with Gasteiger partial charge in [-0.15, -0.1) is 0 Å². The van der Waals surface area contributed by atoms with Gasteiger partial charge in [0.05, 0.1) is 11.1 Å². The van der Waals surface area contributed by atoms with Crippen LogP contribution >= 0.6 is 0 Å². The first-order valence-electron chi connectivity index (χ1n) is 7.22. The van der Waals surface area contributed by atoms with Crippen LogP contribution in [0, 0.1) is 5.92 Å². The maximum absolute atomic E-state index is 12.2. The number of benzene rings is 1. The number of nitrogens with zero attached hydrogens (tertiary/aromatic N) is 1. The molecule has 1 aliphatic rings. The molecule has 7 nitrogen and oxygen atoms in total. The Balaban J connectivity index is 2.23. The lowest BCUT2D eigenvalue weighted by atomic mass is 10.0. The predicted octanol–water partition coefficient (Wildman–Crippen LogP) is 1.14. The van der Waals surface area contributed by atoms with Crippen molar-refractivity contribution in [1.29, 1.82) is 0 Å². The van der Waals surface area contributed by atoms with Gasteiger partial charge in [0, 0.05) is 12.6 Å². The van der Waals surface area contributed by atoms with Gasteiger partial charge in [0.15, 0.2) is 0 Å². The zero-order chi connectivity index (χ0) is 17.3. The van der Waals surface area contributed by atoms with Gasteiger partial charge in [-0.1, -0.05) is 13.8 Å². The van der Waals surface area contributed by atoms with E-state index in [-0.39, 0.29) is 22.6 Å². The average Bonchev–Trinajstić information content (AvgIpc) is 2.70. The van der Waals surface area contributed by atoms with Crippen molar-refractivity contribution in [1.82, 2.24) is 10.2 Å². The Kier molecular flexibility index (Phi) is 4.49. The Morgan fingerprint density at radius 3 is 2.35 bits per heavy atom. The Morgan fingerprint density at radius 2 is 1.78 bits per heavy atom. The molecule has 0 radical (unpaired) electrons. The van der Waals surface area contributed by atoms with E-state index in [2.05, 4.69) is 5.32 Å². The largest absolute Gasteiger partial charge is 0.480 e. The summed E-state index contributed by atoms with van der Waals surface area (Å²) < 4.78 is 0. The predicted molar refractivity (Wildman–Crippen MR) is 81.2 cm³/mol. The molecule has 2 rings (SSSR count). The second-order valence-electron chi connectivity index (χ2n) is 5.92. The lowest BCUT2D eigenvalue weighted by molar-refractivity contribution is -0.139. The number of carbonyl (C=O) groups excluding carboxylic acids is 3. The van der Waals surface area contributed by atoms with Crippen LogP contribution in [0.5, 0.6) is 0 Å². The summed E-state index contributed by atoms with van der Waals surface area (Å²) in [5.41, 5.74) is 0.544. The summed E-state index contributed by atoms with van der Waals surface area (Å²) in [6.07, 6.45) is 0.298. The fourth-order valence-electron chi connectivity index (χ4n) is 2.44. The first-order valence-corrected chi connectivity index (χ1v) is 7.22. The molecule has 1 heterocycles. The van der Waals surface area contributed by atoms with Crippen molar-refractivity contribution in [2.45, 2.75) is 26.3 Å². The van der Waals surface area contributed by atoms with Gasteiger partial charge in [-0.3, -0.25) is 19.3 Å². The van der Waals surface area contributed by atoms with E-state index in [0.29, 0.717) is 6.42 Å². The molecule has 7 heteroatoms. The van der Waals surface area contributed by atoms with Crippen molar-refractivity contribution in [3.05, 3.63) is 34.9 Å². The second-order valence-corrected chi connectivity index (χ2v) is 5.92. The summed E-state index contributed by atoms with van der Waals surface area (Å²) in [4.78, 5) is 48.2. The third kappa shape index (κ3) is 3.23. The number of carboxylic acid groups (broad SMARTS) is 1. The minimum atomic E-state index is -1.11. The fraction of sp³-hybridized carbons (Fsp3) is 0.375. The standard InChI is InChI=1S/C16H18N2O5/c1-8(2)6-12(16(22)23)17-13(19)9-4-5-10-11(7-9)15(21)18(3)14(10)20/h4-5,7-8,12H,6H2,1-3H3,(H,17,19)(H,22,23)/t12-/m1/s1. The number of hydrogen-bond donors (Lipinski definition) is 2. The van der Waals surface area contributed by atoms with E-state index in [0.717, 1.165) is 4.90 Å². The lowest BCUT2D eigenvalue weighted by Crippen LogP contribution is -2.41. The molecular formula is C16H18N2O5. The fourth-order valence-corrected chi connectivity index (χ4v) is 2.44. The number of nitrogens with one attached hydrogen (secondary N) is 1. The molecule has 23 heavy (non-hydrogen) atoms. The number of rotatable bonds is 5. The van der Waals surface area contributed by atoms with Crippen LogP contribution in [0.25, 0.3) is 0 Å². The maximum Gasteiger partial charge on any atom is 0.326 e.